The summed E-state index contributed by atoms with van der Waals surface area (Å²) < 4.78 is 32.9. The second kappa shape index (κ2) is 9.26. The highest BCUT2D eigenvalue weighted by molar-refractivity contribution is 6.16. The monoisotopic (exact) mass is 489 g/mol. The molecule has 7 nitrogen and oxygen atoms in total. The van der Waals surface area contributed by atoms with Crippen LogP contribution in [0.15, 0.2) is 78.1 Å². The summed E-state index contributed by atoms with van der Waals surface area (Å²) in [5.41, 5.74) is 1.59. The number of nitrogens with one attached hydrogen (secondary N) is 1. The number of rotatable bonds is 7. The third-order valence-electron chi connectivity index (χ3n) is 6.14. The standard InChI is InChI=1S/C27H21F2N3O4/c1-36-17-9-5-8-16(12-17)24-23(22(33)11-10-15-6-3-2-4-7-15)25(34)26(35)32(24)27-30-20-13-18(28)19(29)14-21(20)31-27/h2-9,12-14,24,34H,10-11H2,1H3,(H,30,31). The van der Waals surface area contributed by atoms with Crippen molar-refractivity contribution in [2.24, 2.45) is 0 Å². The molecule has 0 aliphatic carbocycles. The molecule has 1 aromatic heterocycles. The lowest BCUT2D eigenvalue weighted by atomic mass is 9.93. The third-order valence-corrected chi connectivity index (χ3v) is 6.14. The van der Waals surface area contributed by atoms with E-state index in [0.29, 0.717) is 17.7 Å². The molecule has 0 saturated carbocycles. The number of anilines is 1. The van der Waals surface area contributed by atoms with E-state index in [4.69, 9.17) is 4.74 Å². The van der Waals surface area contributed by atoms with Gasteiger partial charge in [-0.25, -0.2) is 13.8 Å². The second-order valence-electron chi connectivity index (χ2n) is 8.37. The number of ketones is 1. The highest BCUT2D eigenvalue weighted by Gasteiger charge is 2.45. The van der Waals surface area contributed by atoms with E-state index >= 15 is 0 Å². The van der Waals surface area contributed by atoms with Crippen LogP contribution in [0.4, 0.5) is 14.7 Å². The minimum absolute atomic E-state index is 0.0571. The van der Waals surface area contributed by atoms with Gasteiger partial charge < -0.3 is 14.8 Å². The Labute approximate surface area is 204 Å². The zero-order chi connectivity index (χ0) is 25.4. The van der Waals surface area contributed by atoms with Crippen LogP contribution in [0.1, 0.15) is 23.6 Å². The molecule has 0 bridgehead atoms. The van der Waals surface area contributed by atoms with Gasteiger partial charge in [-0.05, 0) is 29.7 Å². The molecule has 0 spiro atoms. The van der Waals surface area contributed by atoms with Crippen LogP contribution in [0, 0.1) is 11.6 Å². The van der Waals surface area contributed by atoms with Crippen LogP contribution in [0.5, 0.6) is 5.75 Å². The Morgan fingerprint density at radius 2 is 1.83 bits per heavy atom. The van der Waals surface area contributed by atoms with E-state index in [9.17, 15) is 23.5 Å². The van der Waals surface area contributed by atoms with Crippen LogP contribution in [0.25, 0.3) is 11.0 Å². The molecule has 0 fully saturated rings. The number of carbonyl (C=O) groups excluding carboxylic acids is 2. The summed E-state index contributed by atoms with van der Waals surface area (Å²) in [7, 11) is 1.48. The molecule has 0 radical (unpaired) electrons. The van der Waals surface area contributed by atoms with E-state index in [0.717, 1.165) is 22.6 Å². The maximum atomic E-state index is 13.8. The topological polar surface area (TPSA) is 95.5 Å². The average Bonchev–Trinajstić information content (AvgIpc) is 3.40. The number of amides is 1. The zero-order valence-electron chi connectivity index (χ0n) is 19.2. The lowest BCUT2D eigenvalue weighted by molar-refractivity contribution is -0.118. The lowest BCUT2D eigenvalue weighted by Gasteiger charge is -2.25. The van der Waals surface area contributed by atoms with Gasteiger partial charge in [0.15, 0.2) is 23.2 Å². The van der Waals surface area contributed by atoms with Gasteiger partial charge in [-0.15, -0.1) is 0 Å². The number of Topliss-reactive ketones (excluding diaryl/α,β-unsaturated/α-hetero) is 1. The Morgan fingerprint density at radius 3 is 2.58 bits per heavy atom. The van der Waals surface area contributed by atoms with Crippen LogP contribution < -0.4 is 9.64 Å². The van der Waals surface area contributed by atoms with Gasteiger partial charge in [0.05, 0.1) is 29.8 Å². The number of aryl methyl sites for hydroxylation is 1. The van der Waals surface area contributed by atoms with E-state index < -0.39 is 35.1 Å². The number of aromatic nitrogens is 2. The van der Waals surface area contributed by atoms with Crippen LogP contribution >= 0.6 is 0 Å². The first-order valence-electron chi connectivity index (χ1n) is 11.2. The van der Waals surface area contributed by atoms with Gasteiger partial charge in [-0.3, -0.25) is 14.5 Å². The number of aromatic amines is 1. The fraction of sp³-hybridized carbons (Fsp3) is 0.148. The molecule has 0 saturated heterocycles. The maximum absolute atomic E-state index is 13.8. The minimum atomic E-state index is -1.09. The van der Waals surface area contributed by atoms with Gasteiger partial charge >= 0.3 is 0 Å². The molecule has 4 aromatic rings. The Morgan fingerprint density at radius 1 is 1.08 bits per heavy atom. The SMILES string of the molecule is COc1cccc(C2C(C(=O)CCc3ccccc3)=C(O)C(=O)N2c2nc3cc(F)c(F)cc3[nH]2)c1. The first kappa shape index (κ1) is 23.2. The van der Waals surface area contributed by atoms with Crippen LogP contribution in [0.3, 0.4) is 0 Å². The summed E-state index contributed by atoms with van der Waals surface area (Å²) in [6.45, 7) is 0. The highest BCUT2D eigenvalue weighted by Crippen LogP contribution is 2.41. The Balaban J connectivity index is 1.58. The van der Waals surface area contributed by atoms with Crippen molar-refractivity contribution in [1.82, 2.24) is 9.97 Å². The Bertz CT molecular complexity index is 1480. The van der Waals surface area contributed by atoms with E-state index in [1.165, 1.54) is 7.11 Å². The fourth-order valence-electron chi connectivity index (χ4n) is 4.38. The number of carbonyl (C=O) groups is 2. The van der Waals surface area contributed by atoms with E-state index in [2.05, 4.69) is 9.97 Å². The van der Waals surface area contributed by atoms with Crippen molar-refractivity contribution in [2.75, 3.05) is 12.0 Å². The number of benzene rings is 3. The van der Waals surface area contributed by atoms with Crippen molar-refractivity contribution in [3.8, 4) is 5.75 Å². The number of fused-ring (bicyclic) bond motifs is 1. The number of aliphatic hydroxyl groups is 1. The van der Waals surface area contributed by atoms with Gasteiger partial charge in [0.1, 0.15) is 5.75 Å². The molecular weight excluding hydrogens is 468 g/mol. The maximum Gasteiger partial charge on any atom is 0.296 e. The minimum Gasteiger partial charge on any atom is -0.503 e. The van der Waals surface area contributed by atoms with Crippen molar-refractivity contribution in [3.05, 3.63) is 101 Å². The molecule has 1 amide bonds. The number of methoxy groups -OCH3 is 1. The predicted molar refractivity (Wildman–Crippen MR) is 129 cm³/mol. The number of imidazole rings is 1. The summed E-state index contributed by atoms with van der Waals surface area (Å²) in [4.78, 5) is 34.8. The van der Waals surface area contributed by atoms with Gasteiger partial charge in [0.2, 0.25) is 5.95 Å². The number of aliphatic hydroxyl groups excluding tert-OH is 1. The van der Waals surface area contributed by atoms with Gasteiger partial charge in [-0.2, -0.15) is 0 Å². The van der Waals surface area contributed by atoms with Crippen molar-refractivity contribution in [2.45, 2.75) is 18.9 Å². The van der Waals surface area contributed by atoms with E-state index in [-0.39, 0.29) is 29.0 Å². The Kier molecular flexibility index (Phi) is 5.97. The molecule has 1 aliphatic rings. The van der Waals surface area contributed by atoms with Crippen molar-refractivity contribution in [1.29, 1.82) is 0 Å². The first-order chi connectivity index (χ1) is 17.4. The molecule has 5 rings (SSSR count). The van der Waals surface area contributed by atoms with Crippen LogP contribution in [-0.4, -0.2) is 33.9 Å². The first-order valence-corrected chi connectivity index (χ1v) is 11.2. The molecule has 9 heteroatoms. The lowest BCUT2D eigenvalue weighted by Crippen LogP contribution is -2.32. The van der Waals surface area contributed by atoms with Crippen LogP contribution in [0.2, 0.25) is 0 Å². The van der Waals surface area contributed by atoms with E-state index in [1.54, 1.807) is 24.3 Å². The Hall–Kier alpha value is -4.53. The number of ether oxygens (including phenoxy) is 1. The largest absolute Gasteiger partial charge is 0.503 e. The van der Waals surface area contributed by atoms with Gasteiger partial charge in [0.25, 0.3) is 5.91 Å². The molecular formula is C27H21F2N3O4. The summed E-state index contributed by atoms with van der Waals surface area (Å²) in [5, 5.41) is 10.9. The molecule has 182 valence electrons. The molecule has 2 heterocycles. The van der Waals surface area contributed by atoms with Crippen molar-refractivity contribution >= 4 is 28.7 Å². The molecule has 1 aliphatic heterocycles. The molecule has 2 N–H and O–H groups in total. The second-order valence-corrected chi connectivity index (χ2v) is 8.37. The third kappa shape index (κ3) is 4.08. The summed E-state index contributed by atoms with van der Waals surface area (Å²) in [6.07, 6.45) is 0.472. The van der Waals surface area contributed by atoms with Crippen molar-refractivity contribution in [3.63, 3.8) is 0 Å². The van der Waals surface area contributed by atoms with Gasteiger partial charge in [-0.1, -0.05) is 42.5 Å². The van der Waals surface area contributed by atoms with Gasteiger partial charge in [0, 0.05) is 18.6 Å². The molecule has 3 aromatic carbocycles. The highest BCUT2D eigenvalue weighted by atomic mass is 19.2. The predicted octanol–water partition coefficient (Wildman–Crippen LogP) is 4.95. The van der Waals surface area contributed by atoms with E-state index in [1.807, 2.05) is 30.3 Å². The molecule has 36 heavy (non-hydrogen) atoms. The number of H-pyrrole nitrogens is 1. The number of nitrogens with zero attached hydrogens (tertiary/aromatic N) is 2. The van der Waals surface area contributed by atoms with Crippen molar-refractivity contribution < 1.29 is 28.2 Å². The summed E-state index contributed by atoms with van der Waals surface area (Å²) >= 11 is 0. The van der Waals surface area contributed by atoms with Crippen LogP contribution in [-0.2, 0) is 16.0 Å². The summed E-state index contributed by atoms with van der Waals surface area (Å²) in [6, 6.07) is 16.9. The zero-order valence-corrected chi connectivity index (χ0v) is 19.2. The number of hydrogen-bond donors (Lipinski definition) is 2. The quantitative estimate of drug-likeness (QED) is 0.383. The molecule has 1 unspecified atom stereocenters. The number of hydrogen-bond acceptors (Lipinski definition) is 5. The smallest absolute Gasteiger partial charge is 0.296 e. The summed E-state index contributed by atoms with van der Waals surface area (Å²) in [5.74, 6) is -3.71. The fourth-order valence-corrected chi connectivity index (χ4v) is 4.38. The molecule has 1 atom stereocenters. The number of halogens is 2. The average molecular weight is 489 g/mol. The normalized spacial score (nSPS) is 15.7.